The van der Waals surface area contributed by atoms with Crippen molar-refractivity contribution in [1.29, 1.82) is 0 Å². The lowest BCUT2D eigenvalue weighted by Gasteiger charge is -2.02. The van der Waals surface area contributed by atoms with Crippen LogP contribution in [0, 0.1) is 0 Å². The summed E-state index contributed by atoms with van der Waals surface area (Å²) in [4.78, 5) is 3.19. The van der Waals surface area contributed by atoms with Crippen molar-refractivity contribution < 1.29 is 5.11 Å². The molecule has 0 aliphatic rings. The second-order valence-corrected chi connectivity index (χ2v) is 3.89. The number of aromatic amines is 1. The van der Waals surface area contributed by atoms with Crippen LogP contribution in [0.15, 0.2) is 37.1 Å². The van der Waals surface area contributed by atoms with Crippen LogP contribution >= 0.6 is 0 Å². The molecule has 17 heavy (non-hydrogen) atoms. The maximum Gasteiger partial charge on any atom is 0.123 e. The molecule has 2 aromatic heterocycles. The van der Waals surface area contributed by atoms with Gasteiger partial charge >= 0.3 is 0 Å². The van der Waals surface area contributed by atoms with Crippen molar-refractivity contribution in [3.8, 4) is 5.69 Å². The second kappa shape index (κ2) is 4.03. The Morgan fingerprint density at radius 3 is 2.82 bits per heavy atom. The van der Waals surface area contributed by atoms with Crippen LogP contribution in [0.1, 0.15) is 5.56 Å². The first-order chi connectivity index (χ1) is 8.38. The number of nitrogens with zero attached hydrogens (tertiary/aromatic N) is 3. The topological polar surface area (TPSA) is 66.7 Å². The minimum absolute atomic E-state index is 0.157. The third-order valence-corrected chi connectivity index (χ3v) is 2.85. The highest BCUT2D eigenvalue weighted by Gasteiger charge is 2.05. The predicted molar refractivity (Wildman–Crippen MR) is 64.0 cm³/mol. The van der Waals surface area contributed by atoms with E-state index in [4.69, 9.17) is 5.11 Å². The third kappa shape index (κ3) is 1.70. The number of benzene rings is 1. The van der Waals surface area contributed by atoms with Crippen LogP contribution in [-0.2, 0) is 6.42 Å². The number of aliphatic hydroxyl groups is 1. The quantitative estimate of drug-likeness (QED) is 0.709. The number of hydrogen-bond donors (Lipinski definition) is 2. The van der Waals surface area contributed by atoms with Gasteiger partial charge in [-0.1, -0.05) is 0 Å². The van der Waals surface area contributed by atoms with Crippen LogP contribution in [0.2, 0.25) is 0 Å². The van der Waals surface area contributed by atoms with Gasteiger partial charge in [0.2, 0.25) is 0 Å². The third-order valence-electron chi connectivity index (χ3n) is 2.85. The molecule has 0 unspecified atom stereocenters. The van der Waals surface area contributed by atoms with Crippen molar-refractivity contribution in [3.63, 3.8) is 0 Å². The summed E-state index contributed by atoms with van der Waals surface area (Å²) in [5.41, 5.74) is 3.21. The number of H-pyrrole nitrogens is 1. The van der Waals surface area contributed by atoms with Gasteiger partial charge in [0.25, 0.3) is 0 Å². The largest absolute Gasteiger partial charge is 0.396 e. The molecule has 0 saturated carbocycles. The van der Waals surface area contributed by atoms with Crippen molar-refractivity contribution in [2.45, 2.75) is 6.42 Å². The van der Waals surface area contributed by atoms with Gasteiger partial charge in [-0.2, -0.15) is 0 Å². The van der Waals surface area contributed by atoms with Gasteiger partial charge in [0.1, 0.15) is 12.7 Å². The van der Waals surface area contributed by atoms with E-state index in [0.29, 0.717) is 6.42 Å². The van der Waals surface area contributed by atoms with Gasteiger partial charge in [0.05, 0.1) is 0 Å². The van der Waals surface area contributed by atoms with E-state index in [-0.39, 0.29) is 6.61 Å². The maximum atomic E-state index is 9.01. The Morgan fingerprint density at radius 1 is 1.24 bits per heavy atom. The smallest absolute Gasteiger partial charge is 0.123 e. The van der Waals surface area contributed by atoms with Crippen LogP contribution in [0.25, 0.3) is 16.6 Å². The molecular formula is C12H12N4O. The fraction of sp³-hybridized carbons (Fsp3) is 0.167. The Labute approximate surface area is 97.7 Å². The van der Waals surface area contributed by atoms with E-state index in [1.54, 1.807) is 12.7 Å². The summed E-state index contributed by atoms with van der Waals surface area (Å²) < 4.78 is 1.86. The van der Waals surface area contributed by atoms with Gasteiger partial charge in [-0.3, -0.25) is 4.57 Å². The number of rotatable bonds is 3. The molecule has 0 aliphatic carbocycles. The summed E-state index contributed by atoms with van der Waals surface area (Å²) in [5.74, 6) is 0. The zero-order valence-corrected chi connectivity index (χ0v) is 9.17. The highest BCUT2D eigenvalue weighted by Crippen LogP contribution is 2.21. The van der Waals surface area contributed by atoms with E-state index in [9.17, 15) is 0 Å². The van der Waals surface area contributed by atoms with Gasteiger partial charge in [0.15, 0.2) is 0 Å². The normalized spacial score (nSPS) is 11.1. The fourth-order valence-electron chi connectivity index (χ4n) is 1.99. The van der Waals surface area contributed by atoms with E-state index < -0.39 is 0 Å². The number of aliphatic hydroxyl groups excluding tert-OH is 1. The Morgan fingerprint density at radius 2 is 2.06 bits per heavy atom. The van der Waals surface area contributed by atoms with E-state index in [0.717, 1.165) is 22.2 Å². The zero-order valence-electron chi connectivity index (χ0n) is 9.17. The number of aromatic nitrogens is 4. The maximum absolute atomic E-state index is 9.01. The first-order valence-corrected chi connectivity index (χ1v) is 5.44. The van der Waals surface area contributed by atoms with Crippen molar-refractivity contribution in [2.75, 3.05) is 6.61 Å². The molecular weight excluding hydrogens is 216 g/mol. The van der Waals surface area contributed by atoms with Crippen LogP contribution in [0.3, 0.4) is 0 Å². The second-order valence-electron chi connectivity index (χ2n) is 3.89. The lowest BCUT2D eigenvalue weighted by Crippen LogP contribution is -1.91. The molecule has 5 nitrogen and oxygen atoms in total. The number of fused-ring (bicyclic) bond motifs is 1. The van der Waals surface area contributed by atoms with Crippen LogP contribution in [0.4, 0.5) is 0 Å². The van der Waals surface area contributed by atoms with Gasteiger partial charge in [-0.15, -0.1) is 10.2 Å². The molecule has 0 aliphatic heterocycles. The molecule has 5 heteroatoms. The number of hydrogen-bond acceptors (Lipinski definition) is 3. The summed E-state index contributed by atoms with van der Waals surface area (Å²) >= 11 is 0. The van der Waals surface area contributed by atoms with Crippen LogP contribution in [-0.4, -0.2) is 31.5 Å². The zero-order chi connectivity index (χ0) is 11.7. The lowest BCUT2D eigenvalue weighted by molar-refractivity contribution is 0.300. The van der Waals surface area contributed by atoms with Gasteiger partial charge in [-0.25, -0.2) is 0 Å². The van der Waals surface area contributed by atoms with Crippen LogP contribution in [0.5, 0.6) is 0 Å². The minimum Gasteiger partial charge on any atom is -0.396 e. The van der Waals surface area contributed by atoms with Gasteiger partial charge in [-0.05, 0) is 30.2 Å². The standard InChI is InChI=1S/C12H12N4O/c17-4-3-9-6-13-12-2-1-10(5-11(9)12)16-7-14-15-8-16/h1-2,5-8,13,17H,3-4H2. The van der Waals surface area contributed by atoms with E-state index in [1.165, 1.54) is 0 Å². The molecule has 2 N–H and O–H groups in total. The molecule has 3 rings (SSSR count). The fourth-order valence-corrected chi connectivity index (χ4v) is 1.99. The average molecular weight is 228 g/mol. The first-order valence-electron chi connectivity index (χ1n) is 5.44. The van der Waals surface area contributed by atoms with Crippen molar-refractivity contribution in [3.05, 3.63) is 42.6 Å². The average Bonchev–Trinajstić information content (AvgIpc) is 2.98. The molecule has 86 valence electrons. The molecule has 1 aromatic carbocycles. The summed E-state index contributed by atoms with van der Waals surface area (Å²) in [6, 6.07) is 6.09. The SMILES string of the molecule is OCCc1c[nH]c2ccc(-n3cnnc3)cc12. The molecule has 3 aromatic rings. The molecule has 0 amide bonds. The summed E-state index contributed by atoms with van der Waals surface area (Å²) in [6.07, 6.45) is 5.93. The Hall–Kier alpha value is -2.14. The van der Waals surface area contributed by atoms with E-state index >= 15 is 0 Å². The van der Waals surface area contributed by atoms with E-state index in [2.05, 4.69) is 21.2 Å². The summed E-state index contributed by atoms with van der Waals surface area (Å²) in [7, 11) is 0. The van der Waals surface area contributed by atoms with Crippen molar-refractivity contribution >= 4 is 10.9 Å². The molecule has 2 heterocycles. The molecule has 0 bridgehead atoms. The highest BCUT2D eigenvalue weighted by molar-refractivity contribution is 5.85. The minimum atomic E-state index is 0.157. The van der Waals surface area contributed by atoms with Gasteiger partial charge < -0.3 is 10.1 Å². The Balaban J connectivity index is 2.13. The van der Waals surface area contributed by atoms with Crippen molar-refractivity contribution in [2.24, 2.45) is 0 Å². The molecule has 0 atom stereocenters. The van der Waals surface area contributed by atoms with Gasteiger partial charge in [0, 0.05) is 29.4 Å². The monoisotopic (exact) mass is 228 g/mol. The first kappa shape index (κ1) is 10.0. The molecule has 0 fully saturated rings. The van der Waals surface area contributed by atoms with E-state index in [1.807, 2.05) is 22.9 Å². The highest BCUT2D eigenvalue weighted by atomic mass is 16.2. The lowest BCUT2D eigenvalue weighted by atomic mass is 10.1. The summed E-state index contributed by atoms with van der Waals surface area (Å²) in [5, 5.41) is 17.7. The van der Waals surface area contributed by atoms with Crippen LogP contribution < -0.4 is 0 Å². The van der Waals surface area contributed by atoms with Crippen molar-refractivity contribution in [1.82, 2.24) is 19.7 Å². The Bertz CT molecular complexity index is 627. The molecule has 0 spiro atoms. The molecule has 0 radical (unpaired) electrons. The number of nitrogens with one attached hydrogen (secondary N) is 1. The predicted octanol–water partition coefficient (Wildman–Crippen LogP) is 1.28. The summed E-state index contributed by atoms with van der Waals surface area (Å²) in [6.45, 7) is 0.157. The Kier molecular flexibility index (Phi) is 2.38. The molecule has 0 saturated heterocycles.